The minimum absolute atomic E-state index is 0.192. The molecule has 2 rings (SSSR count). The van der Waals surface area contributed by atoms with E-state index in [-0.39, 0.29) is 6.61 Å². The first-order valence-electron chi connectivity index (χ1n) is 7.07. The highest BCUT2D eigenvalue weighted by molar-refractivity contribution is 5.22. The Labute approximate surface area is 115 Å². The Kier molecular flexibility index (Phi) is 5.58. The zero-order valence-corrected chi connectivity index (χ0v) is 11.5. The molecule has 0 amide bonds. The molecular weight excluding hydrogens is 236 g/mol. The summed E-state index contributed by atoms with van der Waals surface area (Å²) in [6, 6.07) is 9.49. The summed E-state index contributed by atoms with van der Waals surface area (Å²) in [6.07, 6.45) is 4.54. The van der Waals surface area contributed by atoms with Crippen LogP contribution in [0.4, 0.5) is 0 Å². The highest BCUT2D eigenvalue weighted by Crippen LogP contribution is 2.19. The van der Waals surface area contributed by atoms with E-state index in [1.54, 1.807) is 0 Å². The molecule has 3 nitrogen and oxygen atoms in total. The molecule has 0 saturated heterocycles. The number of hydrogen-bond acceptors (Lipinski definition) is 3. The van der Waals surface area contributed by atoms with E-state index in [2.05, 4.69) is 41.1 Å². The van der Waals surface area contributed by atoms with Gasteiger partial charge in [0.15, 0.2) is 0 Å². The molecule has 2 N–H and O–H groups in total. The van der Waals surface area contributed by atoms with Crippen LogP contribution in [-0.4, -0.2) is 35.7 Å². The molecule has 1 aromatic carbocycles. The zero-order valence-electron chi connectivity index (χ0n) is 11.5. The first-order valence-corrected chi connectivity index (χ1v) is 7.07. The van der Waals surface area contributed by atoms with Crippen LogP contribution in [0.3, 0.4) is 0 Å². The summed E-state index contributed by atoms with van der Waals surface area (Å²) in [6.45, 7) is 7.28. The molecule has 19 heavy (non-hydrogen) atoms. The maximum Gasteiger partial charge on any atom is 0.0558 e. The predicted molar refractivity (Wildman–Crippen MR) is 78.9 cm³/mol. The molecule has 1 aliphatic carbocycles. The van der Waals surface area contributed by atoms with Gasteiger partial charge in [-0.1, -0.05) is 30.3 Å². The van der Waals surface area contributed by atoms with Gasteiger partial charge in [0, 0.05) is 32.2 Å². The van der Waals surface area contributed by atoms with Crippen LogP contribution in [0.1, 0.15) is 24.0 Å². The van der Waals surface area contributed by atoms with Crippen molar-refractivity contribution in [2.24, 2.45) is 0 Å². The van der Waals surface area contributed by atoms with E-state index in [9.17, 15) is 0 Å². The lowest BCUT2D eigenvalue weighted by molar-refractivity contribution is 0.203. The third-order valence-corrected chi connectivity index (χ3v) is 3.40. The van der Waals surface area contributed by atoms with Crippen LogP contribution >= 0.6 is 0 Å². The Morgan fingerprint density at radius 1 is 1.26 bits per heavy atom. The van der Waals surface area contributed by atoms with Gasteiger partial charge in [-0.2, -0.15) is 0 Å². The zero-order chi connectivity index (χ0) is 13.5. The molecule has 0 bridgehead atoms. The number of hydrogen-bond donors (Lipinski definition) is 2. The molecule has 1 fully saturated rings. The Hall–Kier alpha value is -1.16. The molecule has 1 saturated carbocycles. The summed E-state index contributed by atoms with van der Waals surface area (Å²) in [5, 5.41) is 12.5. The summed E-state index contributed by atoms with van der Waals surface area (Å²) in [4.78, 5) is 2.18. The second-order valence-corrected chi connectivity index (χ2v) is 5.22. The van der Waals surface area contributed by atoms with E-state index in [1.165, 1.54) is 24.0 Å². The third-order valence-electron chi connectivity index (χ3n) is 3.40. The SMILES string of the molecule is C=CCN(CCO)Cc1ccc(CNC2CC2)cc1. The smallest absolute Gasteiger partial charge is 0.0558 e. The molecular formula is C16H24N2O. The lowest BCUT2D eigenvalue weighted by Crippen LogP contribution is -2.26. The van der Waals surface area contributed by atoms with E-state index < -0.39 is 0 Å². The molecule has 1 aliphatic rings. The predicted octanol–water partition coefficient (Wildman–Crippen LogP) is 1.92. The molecule has 0 radical (unpaired) electrons. The van der Waals surface area contributed by atoms with Gasteiger partial charge in [0.2, 0.25) is 0 Å². The number of nitrogens with one attached hydrogen (secondary N) is 1. The Bertz CT molecular complexity index is 384. The van der Waals surface area contributed by atoms with Gasteiger partial charge in [0.05, 0.1) is 6.61 Å². The van der Waals surface area contributed by atoms with Crippen LogP contribution in [0.2, 0.25) is 0 Å². The molecule has 1 aromatic rings. The summed E-state index contributed by atoms with van der Waals surface area (Å²) in [5.74, 6) is 0. The van der Waals surface area contributed by atoms with Gasteiger partial charge in [-0.3, -0.25) is 4.90 Å². The van der Waals surface area contributed by atoms with Crippen molar-refractivity contribution in [1.82, 2.24) is 10.2 Å². The van der Waals surface area contributed by atoms with Crippen molar-refractivity contribution >= 4 is 0 Å². The van der Waals surface area contributed by atoms with Gasteiger partial charge >= 0.3 is 0 Å². The number of rotatable bonds is 9. The average molecular weight is 260 g/mol. The maximum absolute atomic E-state index is 9.03. The second-order valence-electron chi connectivity index (χ2n) is 5.22. The van der Waals surface area contributed by atoms with Crippen molar-refractivity contribution in [3.63, 3.8) is 0 Å². The van der Waals surface area contributed by atoms with E-state index in [4.69, 9.17) is 5.11 Å². The fourth-order valence-electron chi connectivity index (χ4n) is 2.13. The summed E-state index contributed by atoms with van der Waals surface area (Å²) in [7, 11) is 0. The van der Waals surface area contributed by atoms with Crippen LogP contribution in [-0.2, 0) is 13.1 Å². The topological polar surface area (TPSA) is 35.5 Å². The van der Waals surface area contributed by atoms with E-state index in [0.29, 0.717) is 6.54 Å². The minimum atomic E-state index is 0.192. The van der Waals surface area contributed by atoms with E-state index in [1.807, 2.05) is 6.08 Å². The van der Waals surface area contributed by atoms with Crippen LogP contribution in [0.25, 0.3) is 0 Å². The maximum atomic E-state index is 9.03. The van der Waals surface area contributed by atoms with Gasteiger partial charge < -0.3 is 10.4 Å². The molecule has 0 unspecified atom stereocenters. The van der Waals surface area contributed by atoms with E-state index >= 15 is 0 Å². The monoisotopic (exact) mass is 260 g/mol. The molecule has 0 aliphatic heterocycles. The van der Waals surface area contributed by atoms with Gasteiger partial charge in [0.25, 0.3) is 0 Å². The first-order chi connectivity index (χ1) is 9.31. The van der Waals surface area contributed by atoms with Crippen molar-refractivity contribution in [3.05, 3.63) is 48.0 Å². The summed E-state index contributed by atoms with van der Waals surface area (Å²) in [5.41, 5.74) is 2.62. The number of benzene rings is 1. The molecule has 0 aromatic heterocycles. The van der Waals surface area contributed by atoms with Crippen molar-refractivity contribution in [2.45, 2.75) is 32.0 Å². The lowest BCUT2D eigenvalue weighted by atomic mass is 10.1. The number of aliphatic hydroxyl groups excluding tert-OH is 1. The second kappa shape index (κ2) is 7.43. The molecule has 3 heteroatoms. The normalized spacial score (nSPS) is 14.8. The largest absolute Gasteiger partial charge is 0.395 e. The summed E-state index contributed by atoms with van der Waals surface area (Å²) < 4.78 is 0. The molecule has 0 heterocycles. The third kappa shape index (κ3) is 5.15. The van der Waals surface area contributed by atoms with Crippen LogP contribution in [0.15, 0.2) is 36.9 Å². The Morgan fingerprint density at radius 3 is 2.53 bits per heavy atom. The van der Waals surface area contributed by atoms with Gasteiger partial charge in [-0.15, -0.1) is 6.58 Å². The quantitative estimate of drug-likeness (QED) is 0.666. The van der Waals surface area contributed by atoms with Gasteiger partial charge in [-0.05, 0) is 24.0 Å². The molecule has 104 valence electrons. The van der Waals surface area contributed by atoms with Gasteiger partial charge in [0.1, 0.15) is 0 Å². The van der Waals surface area contributed by atoms with Crippen LogP contribution < -0.4 is 5.32 Å². The Balaban J connectivity index is 1.83. The van der Waals surface area contributed by atoms with Crippen LogP contribution in [0, 0.1) is 0 Å². The van der Waals surface area contributed by atoms with Gasteiger partial charge in [-0.25, -0.2) is 0 Å². The fourth-order valence-corrected chi connectivity index (χ4v) is 2.13. The first kappa shape index (κ1) is 14.3. The Morgan fingerprint density at radius 2 is 1.95 bits per heavy atom. The highest BCUT2D eigenvalue weighted by Gasteiger charge is 2.19. The highest BCUT2D eigenvalue weighted by atomic mass is 16.3. The standard InChI is InChI=1S/C16H24N2O/c1-2-9-18(10-11-19)13-15-5-3-14(4-6-15)12-17-16-7-8-16/h2-6,16-17,19H,1,7-13H2. The van der Waals surface area contributed by atoms with Crippen molar-refractivity contribution in [1.29, 1.82) is 0 Å². The lowest BCUT2D eigenvalue weighted by Gasteiger charge is -2.19. The van der Waals surface area contributed by atoms with Crippen molar-refractivity contribution in [3.8, 4) is 0 Å². The molecule has 0 atom stereocenters. The summed E-state index contributed by atoms with van der Waals surface area (Å²) >= 11 is 0. The van der Waals surface area contributed by atoms with Crippen LogP contribution in [0.5, 0.6) is 0 Å². The number of aliphatic hydroxyl groups is 1. The average Bonchev–Trinajstić information content (AvgIpc) is 3.23. The van der Waals surface area contributed by atoms with Crippen molar-refractivity contribution < 1.29 is 5.11 Å². The number of nitrogens with zero attached hydrogens (tertiary/aromatic N) is 1. The van der Waals surface area contributed by atoms with Crippen molar-refractivity contribution in [2.75, 3.05) is 19.7 Å². The van der Waals surface area contributed by atoms with E-state index in [0.717, 1.165) is 25.7 Å². The minimum Gasteiger partial charge on any atom is -0.395 e. The molecule has 0 spiro atoms. The fraction of sp³-hybridized carbons (Fsp3) is 0.500.